The van der Waals surface area contributed by atoms with Crippen LogP contribution in [0.15, 0.2) is 59.5 Å². The highest BCUT2D eigenvalue weighted by Crippen LogP contribution is 2.23. The van der Waals surface area contributed by atoms with Crippen LogP contribution in [0, 0.1) is 0 Å². The third-order valence-corrected chi connectivity index (χ3v) is 5.13. The van der Waals surface area contributed by atoms with Gasteiger partial charge in [-0.1, -0.05) is 42.5 Å². The molecule has 0 fully saturated rings. The molecule has 1 aliphatic heterocycles. The third kappa shape index (κ3) is 3.03. The molecule has 0 aliphatic carbocycles. The van der Waals surface area contributed by atoms with Gasteiger partial charge in [-0.3, -0.25) is 9.59 Å². The summed E-state index contributed by atoms with van der Waals surface area (Å²) in [7, 11) is 0. The number of nitrogens with zero attached hydrogens (tertiary/aromatic N) is 1. The van der Waals surface area contributed by atoms with Crippen molar-refractivity contribution in [3.8, 4) is 0 Å². The first-order chi connectivity index (χ1) is 12.6. The maximum atomic E-state index is 12.8. The van der Waals surface area contributed by atoms with Crippen molar-refractivity contribution in [3.05, 3.63) is 81.6 Å². The Morgan fingerprint density at radius 3 is 2.77 bits per heavy atom. The van der Waals surface area contributed by atoms with Crippen molar-refractivity contribution >= 4 is 16.8 Å². The van der Waals surface area contributed by atoms with Crippen molar-refractivity contribution in [3.63, 3.8) is 0 Å². The van der Waals surface area contributed by atoms with Crippen molar-refractivity contribution in [2.24, 2.45) is 0 Å². The Morgan fingerprint density at radius 1 is 1.15 bits per heavy atom. The zero-order valence-corrected chi connectivity index (χ0v) is 14.9. The third-order valence-electron chi connectivity index (χ3n) is 5.13. The molecule has 0 spiro atoms. The first-order valence-corrected chi connectivity index (χ1v) is 9.13. The summed E-state index contributed by atoms with van der Waals surface area (Å²) in [5.41, 5.74) is 3.48. The van der Waals surface area contributed by atoms with Gasteiger partial charge >= 0.3 is 0 Å². The summed E-state index contributed by atoms with van der Waals surface area (Å²) in [6.45, 7) is 2.80. The highest BCUT2D eigenvalue weighted by Gasteiger charge is 2.21. The molecule has 3 aromatic rings. The van der Waals surface area contributed by atoms with Gasteiger partial charge in [-0.05, 0) is 43.4 Å². The average molecular weight is 346 g/mol. The smallest absolute Gasteiger partial charge is 0.256 e. The second-order valence-corrected chi connectivity index (χ2v) is 7.03. The fraction of sp³-hybridized carbons (Fsp3) is 0.273. The highest BCUT2D eigenvalue weighted by atomic mass is 16.2. The minimum atomic E-state index is -0.279. The van der Waals surface area contributed by atoms with E-state index in [-0.39, 0.29) is 22.9 Å². The predicted molar refractivity (Wildman–Crippen MR) is 104 cm³/mol. The Hall–Kier alpha value is -2.88. The number of rotatable bonds is 5. The van der Waals surface area contributed by atoms with Crippen molar-refractivity contribution in [2.45, 2.75) is 38.8 Å². The molecule has 0 radical (unpaired) electrons. The van der Waals surface area contributed by atoms with E-state index in [9.17, 15) is 9.59 Å². The fourth-order valence-electron chi connectivity index (χ4n) is 3.72. The Balaban J connectivity index is 1.52. The minimum Gasteiger partial charge on any atom is -0.349 e. The molecule has 0 saturated carbocycles. The summed E-state index contributed by atoms with van der Waals surface area (Å²) < 4.78 is 2.04. The van der Waals surface area contributed by atoms with Crippen LogP contribution >= 0.6 is 0 Å². The van der Waals surface area contributed by atoms with Crippen molar-refractivity contribution in [1.82, 2.24) is 9.88 Å². The van der Waals surface area contributed by atoms with Crippen molar-refractivity contribution in [1.29, 1.82) is 0 Å². The summed E-state index contributed by atoms with van der Waals surface area (Å²) in [5, 5.41) is 3.63. The molecule has 0 bridgehead atoms. The van der Waals surface area contributed by atoms with E-state index in [0.29, 0.717) is 5.39 Å². The van der Waals surface area contributed by atoms with Gasteiger partial charge in [0.05, 0.1) is 5.52 Å². The summed E-state index contributed by atoms with van der Waals surface area (Å²) in [6.07, 6.45) is 4.37. The largest absolute Gasteiger partial charge is 0.349 e. The maximum Gasteiger partial charge on any atom is 0.256 e. The van der Waals surface area contributed by atoms with Gasteiger partial charge in [0, 0.05) is 24.2 Å². The monoisotopic (exact) mass is 346 g/mol. The lowest BCUT2D eigenvalue weighted by Gasteiger charge is -2.15. The molecule has 2 aromatic carbocycles. The molecule has 1 atom stereocenters. The summed E-state index contributed by atoms with van der Waals surface area (Å²) in [5.74, 6) is -0.279. The van der Waals surface area contributed by atoms with Crippen LogP contribution in [0.5, 0.6) is 0 Å². The van der Waals surface area contributed by atoms with Crippen LogP contribution in [-0.2, 0) is 19.4 Å². The van der Waals surface area contributed by atoms with Crippen LogP contribution in [-0.4, -0.2) is 16.5 Å². The van der Waals surface area contributed by atoms with E-state index >= 15 is 0 Å². The van der Waals surface area contributed by atoms with Crippen LogP contribution in [0.1, 0.15) is 34.8 Å². The van der Waals surface area contributed by atoms with Gasteiger partial charge in [-0.15, -0.1) is 0 Å². The standard InChI is InChI=1S/C22H22N2O2/c1-15(10-11-16-6-3-2-4-7-16)23-22(26)19-14-24-13-12-17-8-5-9-18(20(17)24)21(19)25/h2-9,14-15H,10-13H2,1H3,(H,23,26)/t15-/m0/s1. The van der Waals surface area contributed by atoms with E-state index in [1.165, 1.54) is 11.1 Å². The van der Waals surface area contributed by atoms with E-state index in [2.05, 4.69) is 23.5 Å². The number of carbonyl (C=O) groups excluding carboxylic acids is 1. The second-order valence-electron chi connectivity index (χ2n) is 7.03. The SMILES string of the molecule is C[C@@H](CCc1ccccc1)NC(=O)c1cn2c3c(cccc3c1=O)CC2. The van der Waals surface area contributed by atoms with E-state index in [1.54, 1.807) is 6.20 Å². The van der Waals surface area contributed by atoms with Crippen LogP contribution in [0.2, 0.25) is 0 Å². The molecule has 0 unspecified atom stereocenters. The summed E-state index contributed by atoms with van der Waals surface area (Å²) >= 11 is 0. The molecule has 1 amide bonds. The lowest BCUT2D eigenvalue weighted by Crippen LogP contribution is -2.36. The number of hydrogen-bond donors (Lipinski definition) is 1. The maximum absolute atomic E-state index is 12.8. The minimum absolute atomic E-state index is 0.00251. The van der Waals surface area contributed by atoms with E-state index in [0.717, 1.165) is 31.3 Å². The molecule has 1 aromatic heterocycles. The number of aromatic nitrogens is 1. The van der Waals surface area contributed by atoms with Gasteiger partial charge in [0.2, 0.25) is 5.43 Å². The normalized spacial score (nSPS) is 13.7. The molecule has 4 nitrogen and oxygen atoms in total. The van der Waals surface area contributed by atoms with E-state index in [4.69, 9.17) is 0 Å². The zero-order valence-electron chi connectivity index (χ0n) is 14.9. The second kappa shape index (κ2) is 6.79. The molecule has 1 N–H and O–H groups in total. The lowest BCUT2D eigenvalue weighted by atomic mass is 10.1. The van der Waals surface area contributed by atoms with E-state index in [1.807, 2.05) is 41.8 Å². The molecule has 2 heterocycles. The Labute approximate surface area is 152 Å². The van der Waals surface area contributed by atoms with Crippen molar-refractivity contribution in [2.75, 3.05) is 0 Å². The molecule has 4 heteroatoms. The Bertz CT molecular complexity index is 1020. The number of nitrogens with one attached hydrogen (secondary N) is 1. The van der Waals surface area contributed by atoms with Crippen LogP contribution < -0.4 is 10.7 Å². The Kier molecular flexibility index (Phi) is 4.33. The number of aryl methyl sites for hydroxylation is 3. The predicted octanol–water partition coefficient (Wildman–Crippen LogP) is 3.31. The van der Waals surface area contributed by atoms with Gasteiger partial charge in [0.25, 0.3) is 5.91 Å². The lowest BCUT2D eigenvalue weighted by molar-refractivity contribution is 0.0937. The Morgan fingerprint density at radius 2 is 1.96 bits per heavy atom. The molecule has 0 saturated heterocycles. The van der Waals surface area contributed by atoms with Crippen LogP contribution in [0.3, 0.4) is 0 Å². The quantitative estimate of drug-likeness (QED) is 0.770. The average Bonchev–Trinajstić information content (AvgIpc) is 3.08. The number of hydrogen-bond acceptors (Lipinski definition) is 2. The van der Waals surface area contributed by atoms with Gasteiger partial charge in [-0.2, -0.15) is 0 Å². The molecule has 4 rings (SSSR count). The summed E-state index contributed by atoms with van der Waals surface area (Å²) in [6, 6.07) is 16.0. The first kappa shape index (κ1) is 16.6. The van der Waals surface area contributed by atoms with Gasteiger partial charge in [-0.25, -0.2) is 0 Å². The fourth-order valence-corrected chi connectivity index (χ4v) is 3.72. The number of amides is 1. The number of carbonyl (C=O) groups is 1. The highest BCUT2D eigenvalue weighted by molar-refractivity contribution is 5.98. The molecule has 132 valence electrons. The first-order valence-electron chi connectivity index (χ1n) is 9.13. The molecule has 1 aliphatic rings. The summed E-state index contributed by atoms with van der Waals surface area (Å²) in [4.78, 5) is 25.5. The van der Waals surface area contributed by atoms with Crippen LogP contribution in [0.25, 0.3) is 10.9 Å². The molecular weight excluding hydrogens is 324 g/mol. The van der Waals surface area contributed by atoms with Gasteiger partial charge in [0.15, 0.2) is 0 Å². The number of pyridine rings is 1. The van der Waals surface area contributed by atoms with Gasteiger partial charge < -0.3 is 9.88 Å². The number of benzene rings is 2. The van der Waals surface area contributed by atoms with E-state index < -0.39 is 0 Å². The zero-order chi connectivity index (χ0) is 18.1. The molecule has 26 heavy (non-hydrogen) atoms. The van der Waals surface area contributed by atoms with Crippen LogP contribution in [0.4, 0.5) is 0 Å². The van der Waals surface area contributed by atoms with Crippen molar-refractivity contribution < 1.29 is 4.79 Å². The molecular formula is C22H22N2O2. The van der Waals surface area contributed by atoms with Gasteiger partial charge in [0.1, 0.15) is 5.56 Å². The topological polar surface area (TPSA) is 51.1 Å². The number of para-hydroxylation sites is 1.